The highest BCUT2D eigenvalue weighted by atomic mass is 31.3. The summed E-state index contributed by atoms with van der Waals surface area (Å²) in [6, 6.07) is 0. The number of hydrogen-bond donors (Lipinski definition) is 7. The Balaban J connectivity index is 0.000000396. The highest BCUT2D eigenvalue weighted by molar-refractivity contribution is 7.60. The van der Waals surface area contributed by atoms with Crippen LogP contribution < -0.4 is 11.2 Å². The normalized spacial score (nSPS) is 20.2. The Morgan fingerprint density at radius 2 is 1.66 bits per heavy atom. The molecule has 0 saturated carbocycles. The van der Waals surface area contributed by atoms with Crippen molar-refractivity contribution in [3.05, 3.63) is 32.6 Å². The highest BCUT2D eigenvalue weighted by Gasteiger charge is 2.30. The van der Waals surface area contributed by atoms with Gasteiger partial charge in [-0.2, -0.15) is 4.31 Å². The van der Waals surface area contributed by atoms with Crippen molar-refractivity contribution in [3.8, 4) is 0 Å². The van der Waals surface area contributed by atoms with E-state index in [1.165, 1.54) is 10.8 Å². The number of nitrogens with one attached hydrogen (secondary N) is 1. The van der Waals surface area contributed by atoms with Crippen LogP contribution in [0.3, 0.4) is 0 Å². The quantitative estimate of drug-likeness (QED) is 0.235. The van der Waals surface area contributed by atoms with Crippen molar-refractivity contribution in [3.63, 3.8) is 0 Å². The molecule has 1 aromatic rings. The van der Waals surface area contributed by atoms with Crippen molar-refractivity contribution in [2.75, 3.05) is 6.35 Å². The zero-order valence-corrected chi connectivity index (χ0v) is 17.3. The summed E-state index contributed by atoms with van der Waals surface area (Å²) in [7, 11) is -14.4. The Labute approximate surface area is 161 Å². The Bertz CT molecular complexity index is 933. The van der Waals surface area contributed by atoms with Gasteiger partial charge in [-0.15, -0.1) is 0 Å². The summed E-state index contributed by atoms with van der Waals surface area (Å²) in [5.41, 5.74) is -0.687. The first-order valence-corrected chi connectivity index (χ1v) is 12.3. The van der Waals surface area contributed by atoms with Gasteiger partial charge < -0.3 is 38.8 Å². The van der Waals surface area contributed by atoms with Crippen LogP contribution in [0.15, 0.2) is 15.8 Å². The van der Waals surface area contributed by atoms with E-state index < -0.39 is 53.4 Å². The molecule has 0 radical (unpaired) electrons. The molecule has 0 bridgehead atoms. The molecule has 168 valence electrons. The lowest BCUT2D eigenvalue weighted by Gasteiger charge is -2.16. The molecule has 29 heavy (non-hydrogen) atoms. The van der Waals surface area contributed by atoms with E-state index in [9.17, 15) is 23.3 Å². The van der Waals surface area contributed by atoms with Gasteiger partial charge in [0, 0.05) is 18.2 Å². The van der Waals surface area contributed by atoms with Gasteiger partial charge >= 0.3 is 28.9 Å². The van der Waals surface area contributed by atoms with Crippen LogP contribution in [0.4, 0.5) is 0 Å². The molecule has 2 atom stereocenters. The van der Waals surface area contributed by atoms with Gasteiger partial charge in [0.1, 0.15) is 6.23 Å². The topological polar surface area (TPSA) is 255 Å². The number of hydrogen-bond acceptors (Lipinski definition) is 8. The molecule has 1 aliphatic rings. The first kappa shape index (κ1) is 26.0. The molecule has 0 aliphatic carbocycles. The lowest BCUT2D eigenvalue weighted by atomic mass is 10.3. The van der Waals surface area contributed by atoms with Crippen LogP contribution in [0, 0.1) is 6.92 Å². The largest absolute Gasteiger partial charge is 0.478 e. The predicted molar refractivity (Wildman–Crippen MR) is 92.4 cm³/mol. The molecule has 0 aromatic carbocycles. The van der Waals surface area contributed by atoms with Crippen LogP contribution in [0.2, 0.25) is 0 Å². The predicted octanol–water partition coefficient (Wildman–Crippen LogP) is -1.18. The minimum absolute atomic E-state index is 0.368. The van der Waals surface area contributed by atoms with E-state index in [0.29, 0.717) is 18.4 Å². The van der Waals surface area contributed by atoms with Gasteiger partial charge in [-0.05, 0) is 13.3 Å². The van der Waals surface area contributed by atoms with Gasteiger partial charge in [0.2, 0.25) is 0 Å². The van der Waals surface area contributed by atoms with Crippen molar-refractivity contribution in [1.29, 1.82) is 0 Å². The zero-order chi connectivity index (χ0) is 22.6. The van der Waals surface area contributed by atoms with Crippen LogP contribution in [-0.4, -0.2) is 51.5 Å². The van der Waals surface area contributed by atoms with E-state index in [1.54, 1.807) is 6.92 Å². The third-order valence-corrected chi connectivity index (χ3v) is 5.24. The van der Waals surface area contributed by atoms with Gasteiger partial charge in [0.25, 0.3) is 5.56 Å². The Morgan fingerprint density at radius 1 is 1.10 bits per heavy atom. The summed E-state index contributed by atoms with van der Waals surface area (Å²) in [6.07, 6.45) is 0.0831. The van der Waals surface area contributed by atoms with Crippen molar-refractivity contribution >= 4 is 23.2 Å². The fourth-order valence-corrected chi connectivity index (χ4v) is 3.50. The van der Waals surface area contributed by atoms with Crippen molar-refractivity contribution < 1.29 is 56.8 Å². The van der Waals surface area contributed by atoms with Crippen LogP contribution >= 0.6 is 23.2 Å². The van der Waals surface area contributed by atoms with Gasteiger partial charge in [-0.25, -0.2) is 13.9 Å². The summed E-state index contributed by atoms with van der Waals surface area (Å²) in [5.74, 6) is 0. The number of aromatic nitrogens is 2. The summed E-state index contributed by atoms with van der Waals surface area (Å²) in [4.78, 5) is 73.5. The average Bonchev–Trinajstić information content (AvgIpc) is 2.94. The SMILES string of the molecule is Cc1cn([C@H]2CC[C@@H](OCP(=O)(O)O)O2)c(=O)[nH]c1=O.O=P(O)(O)OP(=O)(O)O. The molecule has 1 aromatic heterocycles. The van der Waals surface area contributed by atoms with E-state index in [0.717, 1.165) is 0 Å². The van der Waals surface area contributed by atoms with Crippen molar-refractivity contribution in [2.24, 2.45) is 0 Å². The number of aromatic amines is 1. The summed E-state index contributed by atoms with van der Waals surface area (Å²) < 4.78 is 44.5. The van der Waals surface area contributed by atoms with Crippen molar-refractivity contribution in [2.45, 2.75) is 32.3 Å². The average molecular weight is 484 g/mol. The van der Waals surface area contributed by atoms with Gasteiger partial charge in [-0.1, -0.05) is 0 Å². The van der Waals surface area contributed by atoms with E-state index in [1.807, 2.05) is 0 Å². The van der Waals surface area contributed by atoms with Crippen LogP contribution in [-0.2, 0) is 27.5 Å². The van der Waals surface area contributed by atoms with Crippen LogP contribution in [0.1, 0.15) is 24.6 Å². The van der Waals surface area contributed by atoms with E-state index in [-0.39, 0.29) is 0 Å². The smallest absolute Gasteiger partial charge is 0.340 e. The summed E-state index contributed by atoms with van der Waals surface area (Å²) in [5, 5.41) is 0. The summed E-state index contributed by atoms with van der Waals surface area (Å²) >= 11 is 0. The molecule has 0 amide bonds. The minimum atomic E-state index is -5.05. The second-order valence-corrected chi connectivity index (χ2v) is 9.80. The maximum atomic E-state index is 11.7. The molecule has 16 nitrogen and oxygen atoms in total. The van der Waals surface area contributed by atoms with Crippen LogP contribution in [0.5, 0.6) is 0 Å². The highest BCUT2D eigenvalue weighted by Crippen LogP contribution is 2.53. The number of phosphoric acid groups is 2. The number of aryl methyl sites for hydroxylation is 1. The molecule has 0 unspecified atom stereocenters. The Hall–Kier alpha value is -0.990. The fraction of sp³-hybridized carbons (Fsp3) is 0.600. The van der Waals surface area contributed by atoms with Gasteiger partial charge in [0.15, 0.2) is 12.6 Å². The lowest BCUT2D eigenvalue weighted by Crippen LogP contribution is -2.33. The molecule has 7 N–H and O–H groups in total. The van der Waals surface area contributed by atoms with E-state index in [2.05, 4.69) is 9.29 Å². The zero-order valence-electron chi connectivity index (χ0n) is 14.6. The fourth-order valence-electron chi connectivity index (χ4n) is 2.04. The Morgan fingerprint density at radius 3 is 2.10 bits per heavy atom. The van der Waals surface area contributed by atoms with Crippen LogP contribution in [0.25, 0.3) is 0 Å². The molecule has 0 spiro atoms. The van der Waals surface area contributed by atoms with E-state index >= 15 is 0 Å². The first-order valence-electron chi connectivity index (χ1n) is 7.43. The molecule has 19 heteroatoms. The number of rotatable bonds is 6. The molecule has 1 aliphatic heterocycles. The summed E-state index contributed by atoms with van der Waals surface area (Å²) in [6.45, 7) is 1.56. The second-order valence-electron chi connectivity index (χ2n) is 5.60. The Kier molecular flexibility index (Phi) is 8.87. The third kappa shape index (κ3) is 10.6. The van der Waals surface area contributed by atoms with Crippen molar-refractivity contribution in [1.82, 2.24) is 9.55 Å². The number of nitrogens with zero attached hydrogens (tertiary/aromatic N) is 1. The standard InChI is InChI=1S/C10H15N2O7P.H4O7P2/c1-6-4-12(10(14)11-9(6)13)7-2-3-8(19-7)18-5-20(15,16)17;1-8(2,3)7-9(4,5)6/h4,7-8H,2-3,5H2,1H3,(H,11,13,14)(H2,15,16,17);(H2,1,2,3)(H2,4,5,6)/t7-,8+;/m1./s1. The maximum absolute atomic E-state index is 11.7. The van der Waals surface area contributed by atoms with E-state index in [4.69, 9.17) is 38.8 Å². The lowest BCUT2D eigenvalue weighted by molar-refractivity contribution is -0.142. The third-order valence-electron chi connectivity index (χ3n) is 3.06. The van der Waals surface area contributed by atoms with Gasteiger partial charge in [0.05, 0.1) is 0 Å². The number of H-pyrrole nitrogens is 1. The monoisotopic (exact) mass is 484 g/mol. The molecule has 2 rings (SSSR count). The first-order chi connectivity index (χ1) is 13.0. The maximum Gasteiger partial charge on any atom is 0.478 e. The molecule has 2 heterocycles. The molecule has 1 saturated heterocycles. The molecule has 1 fully saturated rings. The minimum Gasteiger partial charge on any atom is -0.340 e. The number of ether oxygens (including phenoxy) is 2. The van der Waals surface area contributed by atoms with Gasteiger partial charge in [-0.3, -0.25) is 18.9 Å². The molecular weight excluding hydrogens is 465 g/mol. The second kappa shape index (κ2) is 9.88. The molecular formula is C10H19N2O14P3.